The second-order valence-electron chi connectivity index (χ2n) is 4.41. The molecule has 0 bridgehead atoms. The van der Waals surface area contributed by atoms with E-state index in [-0.39, 0.29) is 11.5 Å². The molecular formula is C14H10N2O4. The van der Waals surface area contributed by atoms with Crippen LogP contribution >= 0.6 is 0 Å². The molecule has 0 amide bonds. The van der Waals surface area contributed by atoms with Gasteiger partial charge in [0.05, 0.1) is 16.7 Å². The van der Waals surface area contributed by atoms with E-state index < -0.39 is 4.92 Å². The van der Waals surface area contributed by atoms with E-state index in [0.29, 0.717) is 27.8 Å². The van der Waals surface area contributed by atoms with E-state index in [2.05, 4.69) is 4.98 Å². The Hall–Kier alpha value is -2.89. The van der Waals surface area contributed by atoms with Crippen molar-refractivity contribution in [1.82, 2.24) is 4.98 Å². The summed E-state index contributed by atoms with van der Waals surface area (Å²) >= 11 is 0. The van der Waals surface area contributed by atoms with Crippen LogP contribution in [0.15, 0.2) is 41.1 Å². The zero-order chi connectivity index (χ0) is 14.3. The third-order valence-corrected chi connectivity index (χ3v) is 3.22. The molecule has 6 heteroatoms. The molecular weight excluding hydrogens is 260 g/mol. The number of rotatable bonds is 3. The molecule has 3 rings (SSSR count). The summed E-state index contributed by atoms with van der Waals surface area (Å²) in [5.41, 5.74) is 1.49. The van der Waals surface area contributed by atoms with Gasteiger partial charge in [-0.3, -0.25) is 14.9 Å². The van der Waals surface area contributed by atoms with Crippen LogP contribution in [-0.4, -0.2) is 15.7 Å². The molecule has 6 nitrogen and oxygen atoms in total. The van der Waals surface area contributed by atoms with Crippen molar-refractivity contribution in [3.63, 3.8) is 0 Å². The summed E-state index contributed by atoms with van der Waals surface area (Å²) in [5.74, 6) is 0.303. The maximum Gasteiger partial charge on any atom is 0.270 e. The highest BCUT2D eigenvalue weighted by atomic mass is 16.6. The lowest BCUT2D eigenvalue weighted by molar-refractivity contribution is -0.384. The fraction of sp³-hybridized carbons (Fsp3) is 0.0714. The molecule has 0 unspecified atom stereocenters. The van der Waals surface area contributed by atoms with Crippen LogP contribution in [0.3, 0.4) is 0 Å². The maximum absolute atomic E-state index is 12.4. The van der Waals surface area contributed by atoms with Crippen molar-refractivity contribution in [1.29, 1.82) is 0 Å². The summed E-state index contributed by atoms with van der Waals surface area (Å²) in [5, 5.41) is 11.4. The normalized spacial score (nSPS) is 10.8. The quantitative estimate of drug-likeness (QED) is 0.449. The van der Waals surface area contributed by atoms with E-state index >= 15 is 0 Å². The van der Waals surface area contributed by atoms with Gasteiger partial charge in [0.25, 0.3) is 5.69 Å². The zero-order valence-electron chi connectivity index (χ0n) is 10.5. The first-order chi connectivity index (χ1) is 9.58. The standard InChI is InChI=1S/C14H10N2O4/c1-8-10(4-5-20-8)14(17)12-7-15-13-3-2-9(16(18)19)6-11(12)13/h2-7,15H,1H3. The number of non-ortho nitro benzene ring substituents is 1. The van der Waals surface area contributed by atoms with E-state index in [4.69, 9.17) is 4.42 Å². The Labute approximate surface area is 113 Å². The largest absolute Gasteiger partial charge is 0.469 e. The zero-order valence-corrected chi connectivity index (χ0v) is 10.5. The van der Waals surface area contributed by atoms with Gasteiger partial charge in [0.1, 0.15) is 5.76 Å². The van der Waals surface area contributed by atoms with Crippen LogP contribution in [0.25, 0.3) is 10.9 Å². The van der Waals surface area contributed by atoms with Gasteiger partial charge in [0.15, 0.2) is 5.78 Å². The van der Waals surface area contributed by atoms with Gasteiger partial charge in [-0.1, -0.05) is 0 Å². The number of carbonyl (C=O) groups excluding carboxylic acids is 1. The molecule has 0 saturated heterocycles. The highest BCUT2D eigenvalue weighted by molar-refractivity contribution is 6.16. The Kier molecular flexibility index (Phi) is 2.64. The number of nitrogens with one attached hydrogen (secondary N) is 1. The lowest BCUT2D eigenvalue weighted by Crippen LogP contribution is -2.00. The number of aromatic nitrogens is 1. The number of benzene rings is 1. The molecule has 2 heterocycles. The van der Waals surface area contributed by atoms with Gasteiger partial charge in [0.2, 0.25) is 0 Å². The number of hydrogen-bond donors (Lipinski definition) is 1. The second-order valence-corrected chi connectivity index (χ2v) is 4.41. The number of carbonyl (C=O) groups is 1. The van der Waals surface area contributed by atoms with Crippen molar-refractivity contribution in [2.45, 2.75) is 6.92 Å². The van der Waals surface area contributed by atoms with Crippen LogP contribution in [-0.2, 0) is 0 Å². The molecule has 0 saturated carbocycles. The number of aromatic amines is 1. The van der Waals surface area contributed by atoms with Crippen LogP contribution < -0.4 is 0 Å². The van der Waals surface area contributed by atoms with E-state index in [1.165, 1.54) is 18.4 Å². The molecule has 0 fully saturated rings. The Morgan fingerprint density at radius 3 is 2.75 bits per heavy atom. The molecule has 0 aliphatic carbocycles. The monoisotopic (exact) mass is 270 g/mol. The molecule has 0 spiro atoms. The smallest absolute Gasteiger partial charge is 0.270 e. The van der Waals surface area contributed by atoms with Gasteiger partial charge in [-0.05, 0) is 19.1 Å². The lowest BCUT2D eigenvalue weighted by atomic mass is 10.0. The first-order valence-electron chi connectivity index (χ1n) is 5.92. The third-order valence-electron chi connectivity index (χ3n) is 3.22. The average Bonchev–Trinajstić information content (AvgIpc) is 3.03. The van der Waals surface area contributed by atoms with Crippen molar-refractivity contribution >= 4 is 22.4 Å². The van der Waals surface area contributed by atoms with Gasteiger partial charge in [0, 0.05) is 34.8 Å². The summed E-state index contributed by atoms with van der Waals surface area (Å²) in [6.07, 6.45) is 3.00. The first kappa shape index (κ1) is 12.2. The lowest BCUT2D eigenvalue weighted by Gasteiger charge is -1.98. The molecule has 1 N–H and O–H groups in total. The van der Waals surface area contributed by atoms with E-state index in [1.54, 1.807) is 25.3 Å². The molecule has 100 valence electrons. The molecule has 0 aliphatic rings. The van der Waals surface area contributed by atoms with Crippen molar-refractivity contribution in [2.24, 2.45) is 0 Å². The van der Waals surface area contributed by atoms with E-state index in [1.807, 2.05) is 0 Å². The summed E-state index contributed by atoms with van der Waals surface area (Å²) in [7, 11) is 0. The number of ketones is 1. The number of furan rings is 1. The fourth-order valence-corrected chi connectivity index (χ4v) is 2.18. The maximum atomic E-state index is 12.4. The minimum absolute atomic E-state index is 0.0462. The highest BCUT2D eigenvalue weighted by Gasteiger charge is 2.19. The van der Waals surface area contributed by atoms with Gasteiger partial charge >= 0.3 is 0 Å². The van der Waals surface area contributed by atoms with Crippen molar-refractivity contribution < 1.29 is 14.1 Å². The van der Waals surface area contributed by atoms with Crippen LogP contribution in [0, 0.1) is 17.0 Å². The molecule has 0 atom stereocenters. The summed E-state index contributed by atoms with van der Waals surface area (Å²) in [6, 6.07) is 5.98. The van der Waals surface area contributed by atoms with Crippen molar-refractivity contribution in [2.75, 3.05) is 0 Å². The second kappa shape index (κ2) is 4.34. The number of nitrogens with zero attached hydrogens (tertiary/aromatic N) is 1. The van der Waals surface area contributed by atoms with Gasteiger partial charge in [-0.15, -0.1) is 0 Å². The highest BCUT2D eigenvalue weighted by Crippen LogP contribution is 2.26. The van der Waals surface area contributed by atoms with Crippen molar-refractivity contribution in [3.05, 3.63) is 63.7 Å². The SMILES string of the molecule is Cc1occc1C(=O)c1c[nH]c2ccc([N+](=O)[O-])cc12. The topological polar surface area (TPSA) is 89.1 Å². The third kappa shape index (κ3) is 1.78. The number of aryl methyl sites for hydroxylation is 1. The number of H-pyrrole nitrogens is 1. The van der Waals surface area contributed by atoms with Gasteiger partial charge in [-0.25, -0.2) is 0 Å². The van der Waals surface area contributed by atoms with Crippen molar-refractivity contribution in [3.8, 4) is 0 Å². The Balaban J connectivity index is 2.17. The molecule has 0 aliphatic heterocycles. The Morgan fingerprint density at radius 2 is 2.10 bits per heavy atom. The van der Waals surface area contributed by atoms with Crippen LogP contribution in [0.1, 0.15) is 21.7 Å². The van der Waals surface area contributed by atoms with Crippen LogP contribution in [0.4, 0.5) is 5.69 Å². The minimum Gasteiger partial charge on any atom is -0.469 e. The molecule has 1 aromatic carbocycles. The van der Waals surface area contributed by atoms with Crippen LogP contribution in [0.5, 0.6) is 0 Å². The number of nitro groups is 1. The van der Waals surface area contributed by atoms with E-state index in [9.17, 15) is 14.9 Å². The summed E-state index contributed by atoms with van der Waals surface area (Å²) < 4.78 is 5.12. The fourth-order valence-electron chi connectivity index (χ4n) is 2.18. The molecule has 2 aromatic heterocycles. The average molecular weight is 270 g/mol. The number of hydrogen-bond acceptors (Lipinski definition) is 4. The number of nitro benzene ring substituents is 1. The van der Waals surface area contributed by atoms with E-state index in [0.717, 1.165) is 0 Å². The predicted molar refractivity (Wildman–Crippen MR) is 71.8 cm³/mol. The Bertz CT molecular complexity index is 829. The van der Waals surface area contributed by atoms with Gasteiger partial charge in [-0.2, -0.15) is 0 Å². The predicted octanol–water partition coefficient (Wildman–Crippen LogP) is 3.21. The van der Waals surface area contributed by atoms with Crippen LogP contribution in [0.2, 0.25) is 0 Å². The Morgan fingerprint density at radius 1 is 1.30 bits per heavy atom. The van der Waals surface area contributed by atoms with Gasteiger partial charge < -0.3 is 9.40 Å². The summed E-state index contributed by atoms with van der Waals surface area (Å²) in [6.45, 7) is 1.70. The molecule has 0 radical (unpaired) electrons. The number of fused-ring (bicyclic) bond motifs is 1. The molecule has 3 aromatic rings. The minimum atomic E-state index is -0.482. The molecule has 20 heavy (non-hydrogen) atoms. The summed E-state index contributed by atoms with van der Waals surface area (Å²) in [4.78, 5) is 25.7. The first-order valence-corrected chi connectivity index (χ1v) is 5.92.